The van der Waals surface area contributed by atoms with Crippen molar-refractivity contribution < 1.29 is 6.16 Å². The molecule has 0 spiro atoms. The topological polar surface area (TPSA) is 9.23 Å². The Morgan fingerprint density at radius 3 is 2.50 bits per heavy atom. The molecule has 0 unspecified atom stereocenters. The summed E-state index contributed by atoms with van der Waals surface area (Å²) >= 11 is 0. The van der Waals surface area contributed by atoms with E-state index in [1.165, 1.54) is 5.57 Å². The average Bonchev–Trinajstić information content (AvgIpc) is 2.67. The van der Waals surface area contributed by atoms with Gasteiger partial charge in [-0.15, -0.1) is 0 Å². The van der Waals surface area contributed by atoms with Gasteiger partial charge >= 0.3 is 0 Å². The molecule has 98 valence electrons. The highest BCUT2D eigenvalue weighted by Gasteiger charge is 2.00. The van der Waals surface area contributed by atoms with Crippen molar-refractivity contribution in [2.24, 2.45) is 0 Å². The monoisotopic (exact) mass is 244 g/mol. The van der Waals surface area contributed by atoms with Crippen LogP contribution in [0.1, 0.15) is 35.0 Å². The van der Waals surface area contributed by atoms with Crippen LogP contribution < -0.4 is 4.74 Å². The van der Waals surface area contributed by atoms with Crippen LogP contribution in [-0.4, -0.2) is 0 Å². The molecule has 2 rings (SSSR count). The summed E-state index contributed by atoms with van der Waals surface area (Å²) in [6.45, 7) is 6.16. The summed E-state index contributed by atoms with van der Waals surface area (Å²) in [5.74, 6) is 1.89. The van der Waals surface area contributed by atoms with Crippen LogP contribution in [0, 0.1) is 0 Å². The smallest absolute Gasteiger partial charge is 0.126 e. The molecule has 1 aromatic rings. The summed E-state index contributed by atoms with van der Waals surface area (Å²) < 4.78 is 5.79. The van der Waals surface area contributed by atoms with Crippen molar-refractivity contribution in [2.45, 2.75) is 33.6 Å². The van der Waals surface area contributed by atoms with E-state index in [2.05, 4.69) is 31.2 Å². The van der Waals surface area contributed by atoms with Gasteiger partial charge < -0.3 is 4.74 Å². The van der Waals surface area contributed by atoms with Crippen LogP contribution in [-0.2, 0) is 0 Å². The predicted octanol–water partition coefficient (Wildman–Crippen LogP) is 5.52. The lowest BCUT2D eigenvalue weighted by Gasteiger charge is -2.06. The van der Waals surface area contributed by atoms with Crippen molar-refractivity contribution in [1.29, 1.82) is 0 Å². The first-order valence-corrected chi connectivity index (χ1v) is 6.67. The first kappa shape index (κ1) is 14.3. The van der Waals surface area contributed by atoms with Gasteiger partial charge in [0, 0.05) is 7.85 Å². The minimum Gasteiger partial charge on any atom is -0.461 e. The fourth-order valence-corrected chi connectivity index (χ4v) is 1.60. The normalized spacial score (nSPS) is 13.7. The zero-order valence-corrected chi connectivity index (χ0v) is 11.5. The number of ether oxygens (including phenoxy) is 1. The molecule has 0 radical (unpaired) electrons. The Hall–Kier alpha value is -1.76. The van der Waals surface area contributed by atoms with Crippen LogP contribution in [0.5, 0.6) is 5.75 Å². The first-order chi connectivity index (χ1) is 8.88. The highest BCUT2D eigenvalue weighted by Crippen LogP contribution is 2.18. The van der Waals surface area contributed by atoms with Crippen LogP contribution in [0.25, 0.3) is 0 Å². The summed E-state index contributed by atoms with van der Waals surface area (Å²) in [5.41, 5.74) is 1.34. The quantitative estimate of drug-likeness (QED) is 0.680. The number of rotatable bonds is 3. The Bertz CT molecular complexity index is 430. The van der Waals surface area contributed by atoms with Crippen molar-refractivity contribution in [1.82, 2.24) is 0 Å². The van der Waals surface area contributed by atoms with E-state index in [0.717, 1.165) is 24.4 Å². The van der Waals surface area contributed by atoms with Crippen molar-refractivity contribution in [2.75, 3.05) is 0 Å². The minimum atomic E-state index is 0. The SMILES string of the molecule is CC.CCC1=CC=C(Oc2ccccc2)CC=C1.[HH]. The zero-order chi connectivity index (χ0) is 13.2. The maximum Gasteiger partial charge on any atom is 0.126 e. The highest BCUT2D eigenvalue weighted by molar-refractivity contribution is 5.31. The molecule has 0 N–H and O–H groups in total. The molecule has 0 saturated carbocycles. The van der Waals surface area contributed by atoms with Crippen LogP contribution in [0.4, 0.5) is 0 Å². The maximum absolute atomic E-state index is 5.79. The fourth-order valence-electron chi connectivity index (χ4n) is 1.60. The molecular weight excluding hydrogens is 220 g/mol. The number of benzene rings is 1. The van der Waals surface area contributed by atoms with E-state index < -0.39 is 0 Å². The molecule has 1 aliphatic carbocycles. The van der Waals surface area contributed by atoms with Gasteiger partial charge in [-0.25, -0.2) is 0 Å². The third kappa shape index (κ3) is 4.62. The lowest BCUT2D eigenvalue weighted by molar-refractivity contribution is 0.416. The molecule has 0 amide bonds. The second-order valence-corrected chi connectivity index (χ2v) is 3.75. The van der Waals surface area contributed by atoms with Crippen molar-refractivity contribution in [3.05, 3.63) is 66.0 Å². The molecule has 1 aromatic carbocycles. The Balaban J connectivity index is 0.00000103. The van der Waals surface area contributed by atoms with Gasteiger partial charge in [-0.2, -0.15) is 0 Å². The van der Waals surface area contributed by atoms with E-state index in [-0.39, 0.29) is 1.43 Å². The van der Waals surface area contributed by atoms with Crippen molar-refractivity contribution in [3.8, 4) is 5.75 Å². The summed E-state index contributed by atoms with van der Waals surface area (Å²) in [6.07, 6.45) is 10.4. The zero-order valence-electron chi connectivity index (χ0n) is 11.5. The maximum atomic E-state index is 5.79. The number of allylic oxidation sites excluding steroid dienone is 5. The standard InChI is InChI=1S/C15H16O.C2H6.H2/c1-2-13-7-6-10-15(12-11-13)16-14-8-4-3-5-9-14;1-2;/h3-9,11-12H,2,10H2,1H3;1-2H3;1H. The molecule has 1 aliphatic rings. The van der Waals surface area contributed by atoms with Gasteiger partial charge in [-0.1, -0.05) is 57.2 Å². The van der Waals surface area contributed by atoms with Crippen LogP contribution in [0.2, 0.25) is 0 Å². The highest BCUT2D eigenvalue weighted by atomic mass is 16.5. The number of hydrogen-bond donors (Lipinski definition) is 0. The van der Waals surface area contributed by atoms with E-state index >= 15 is 0 Å². The number of hydrogen-bond acceptors (Lipinski definition) is 1. The van der Waals surface area contributed by atoms with E-state index in [1.807, 2.05) is 44.2 Å². The van der Waals surface area contributed by atoms with Gasteiger partial charge in [-0.05, 0) is 30.2 Å². The van der Waals surface area contributed by atoms with E-state index in [1.54, 1.807) is 0 Å². The van der Waals surface area contributed by atoms with Gasteiger partial charge in [0.25, 0.3) is 0 Å². The molecule has 0 fully saturated rings. The lowest BCUT2D eigenvalue weighted by atomic mass is 10.2. The summed E-state index contributed by atoms with van der Waals surface area (Å²) in [5, 5.41) is 0. The Labute approximate surface area is 112 Å². The van der Waals surface area contributed by atoms with Gasteiger partial charge in [0.2, 0.25) is 0 Å². The Morgan fingerprint density at radius 1 is 1.11 bits per heavy atom. The summed E-state index contributed by atoms with van der Waals surface area (Å²) in [7, 11) is 0. The molecule has 0 bridgehead atoms. The Morgan fingerprint density at radius 2 is 1.83 bits per heavy atom. The molecule has 0 aliphatic heterocycles. The van der Waals surface area contributed by atoms with Gasteiger partial charge in [0.05, 0.1) is 0 Å². The van der Waals surface area contributed by atoms with Crippen LogP contribution in [0.15, 0.2) is 66.0 Å². The molecule has 0 aromatic heterocycles. The molecular formula is C17H24O. The van der Waals surface area contributed by atoms with Crippen LogP contribution in [0.3, 0.4) is 0 Å². The van der Waals surface area contributed by atoms with E-state index in [9.17, 15) is 0 Å². The Kier molecular flexibility index (Phi) is 6.63. The fraction of sp³-hybridized carbons (Fsp3) is 0.294. The van der Waals surface area contributed by atoms with E-state index in [4.69, 9.17) is 4.74 Å². The molecule has 18 heavy (non-hydrogen) atoms. The summed E-state index contributed by atoms with van der Waals surface area (Å²) in [4.78, 5) is 0. The van der Waals surface area contributed by atoms with Gasteiger partial charge in [0.15, 0.2) is 0 Å². The molecule has 1 nitrogen and oxygen atoms in total. The average molecular weight is 244 g/mol. The third-order valence-electron chi connectivity index (χ3n) is 2.53. The van der Waals surface area contributed by atoms with Gasteiger partial charge in [-0.3, -0.25) is 0 Å². The second-order valence-electron chi connectivity index (χ2n) is 3.75. The second kappa shape index (κ2) is 8.35. The summed E-state index contributed by atoms with van der Waals surface area (Å²) in [6, 6.07) is 9.90. The van der Waals surface area contributed by atoms with E-state index in [0.29, 0.717) is 0 Å². The molecule has 0 saturated heterocycles. The molecule has 0 atom stereocenters. The molecule has 1 heteroatoms. The van der Waals surface area contributed by atoms with Gasteiger partial charge in [0.1, 0.15) is 11.5 Å². The predicted molar refractivity (Wildman–Crippen MR) is 80.7 cm³/mol. The number of para-hydroxylation sites is 1. The van der Waals surface area contributed by atoms with Crippen molar-refractivity contribution >= 4 is 0 Å². The molecule has 0 heterocycles. The van der Waals surface area contributed by atoms with Crippen molar-refractivity contribution in [3.63, 3.8) is 0 Å². The third-order valence-corrected chi connectivity index (χ3v) is 2.53. The first-order valence-electron chi connectivity index (χ1n) is 6.67. The lowest BCUT2D eigenvalue weighted by Crippen LogP contribution is -1.92. The largest absolute Gasteiger partial charge is 0.461 e. The van der Waals surface area contributed by atoms with Crippen LogP contribution >= 0.6 is 0 Å². The minimum absolute atomic E-state index is 0.